The average molecular weight is 446 g/mol. The Bertz CT molecular complexity index is 545. The van der Waals surface area contributed by atoms with E-state index in [4.69, 9.17) is 10.5 Å². The highest BCUT2D eigenvalue weighted by Crippen LogP contribution is 2.14. The van der Waals surface area contributed by atoms with Crippen LogP contribution in [0.2, 0.25) is 0 Å². The first-order valence-electron chi connectivity index (χ1n) is 8.22. The summed E-state index contributed by atoms with van der Waals surface area (Å²) in [6.07, 6.45) is 3.63. The number of benzene rings is 1. The smallest absolute Gasteiger partial charge is 0.257 e. The molecule has 0 unspecified atom stereocenters. The van der Waals surface area contributed by atoms with Gasteiger partial charge in [-0.15, -0.1) is 24.0 Å². The van der Waals surface area contributed by atoms with Crippen molar-refractivity contribution in [3.8, 4) is 5.75 Å². The van der Waals surface area contributed by atoms with E-state index in [1.54, 1.807) is 0 Å². The van der Waals surface area contributed by atoms with Gasteiger partial charge in [0.1, 0.15) is 5.75 Å². The van der Waals surface area contributed by atoms with Crippen LogP contribution in [0.1, 0.15) is 31.7 Å². The fraction of sp³-hybridized carbons (Fsp3) is 0.529. The largest absolute Gasteiger partial charge is 0.484 e. The fourth-order valence-electron chi connectivity index (χ4n) is 2.53. The molecule has 1 aliphatic heterocycles. The van der Waals surface area contributed by atoms with Gasteiger partial charge in [-0.05, 0) is 43.9 Å². The topological polar surface area (TPSA) is 79.9 Å². The minimum Gasteiger partial charge on any atom is -0.484 e. The molecule has 0 spiro atoms. The van der Waals surface area contributed by atoms with E-state index in [0.717, 1.165) is 18.7 Å². The number of nitrogens with zero attached hydrogens (tertiary/aromatic N) is 2. The third kappa shape index (κ3) is 6.94. The monoisotopic (exact) mass is 446 g/mol. The molecule has 24 heavy (non-hydrogen) atoms. The van der Waals surface area contributed by atoms with E-state index in [9.17, 15) is 4.79 Å². The van der Waals surface area contributed by atoms with Gasteiger partial charge in [-0.25, -0.2) is 4.99 Å². The third-order valence-corrected chi connectivity index (χ3v) is 3.75. The van der Waals surface area contributed by atoms with Crippen molar-refractivity contribution in [1.82, 2.24) is 10.2 Å². The van der Waals surface area contributed by atoms with Gasteiger partial charge in [0.05, 0.1) is 6.54 Å². The fourth-order valence-corrected chi connectivity index (χ4v) is 2.53. The van der Waals surface area contributed by atoms with Crippen LogP contribution < -0.4 is 15.8 Å². The molecular formula is C17H27IN4O2. The molecule has 0 radical (unpaired) electrons. The van der Waals surface area contributed by atoms with E-state index in [1.807, 2.05) is 31.2 Å². The van der Waals surface area contributed by atoms with Crippen LogP contribution in [0.15, 0.2) is 29.3 Å². The van der Waals surface area contributed by atoms with E-state index < -0.39 is 0 Å². The number of piperidine rings is 1. The molecule has 1 saturated heterocycles. The number of guanidine groups is 1. The van der Waals surface area contributed by atoms with Gasteiger partial charge in [0.15, 0.2) is 12.6 Å². The van der Waals surface area contributed by atoms with E-state index >= 15 is 0 Å². The number of nitrogens with two attached hydrogens (primary N) is 1. The molecule has 1 heterocycles. The van der Waals surface area contributed by atoms with Crippen LogP contribution in [0.5, 0.6) is 5.75 Å². The number of ether oxygens (including phenoxy) is 1. The van der Waals surface area contributed by atoms with Crippen molar-refractivity contribution in [1.29, 1.82) is 0 Å². The van der Waals surface area contributed by atoms with Crippen molar-refractivity contribution in [3.05, 3.63) is 29.8 Å². The van der Waals surface area contributed by atoms with Crippen molar-refractivity contribution in [2.75, 3.05) is 26.2 Å². The zero-order chi connectivity index (χ0) is 16.5. The second-order valence-electron chi connectivity index (χ2n) is 5.61. The second kappa shape index (κ2) is 11.1. The summed E-state index contributed by atoms with van der Waals surface area (Å²) in [5.41, 5.74) is 7.07. The number of hydrogen-bond donors (Lipinski definition) is 2. The first kappa shape index (κ1) is 20.5. The van der Waals surface area contributed by atoms with Crippen LogP contribution in [-0.2, 0) is 11.3 Å². The number of likely N-dealkylation sites (tertiary alicyclic amines) is 1. The Morgan fingerprint density at radius 2 is 2.08 bits per heavy atom. The van der Waals surface area contributed by atoms with Crippen molar-refractivity contribution in [3.63, 3.8) is 0 Å². The van der Waals surface area contributed by atoms with Gasteiger partial charge in [-0.3, -0.25) is 4.79 Å². The summed E-state index contributed by atoms with van der Waals surface area (Å²) in [7, 11) is 0. The molecule has 0 bridgehead atoms. The number of hydrogen-bond acceptors (Lipinski definition) is 3. The zero-order valence-corrected chi connectivity index (χ0v) is 16.5. The molecule has 1 amide bonds. The van der Waals surface area contributed by atoms with Gasteiger partial charge in [-0.1, -0.05) is 12.1 Å². The van der Waals surface area contributed by atoms with E-state index in [-0.39, 0.29) is 36.5 Å². The highest BCUT2D eigenvalue weighted by molar-refractivity contribution is 14.0. The summed E-state index contributed by atoms with van der Waals surface area (Å²) in [5, 5.41) is 2.70. The normalized spacial score (nSPS) is 14.7. The summed E-state index contributed by atoms with van der Waals surface area (Å²) < 4.78 is 5.48. The first-order valence-corrected chi connectivity index (χ1v) is 8.22. The number of halogens is 1. The Kier molecular flexibility index (Phi) is 9.51. The zero-order valence-electron chi connectivity index (χ0n) is 14.2. The number of amides is 1. The van der Waals surface area contributed by atoms with Crippen LogP contribution in [0.25, 0.3) is 0 Å². The summed E-state index contributed by atoms with van der Waals surface area (Å²) in [6.45, 7) is 5.00. The predicted molar refractivity (Wildman–Crippen MR) is 107 cm³/mol. The second-order valence-corrected chi connectivity index (χ2v) is 5.61. The van der Waals surface area contributed by atoms with Crippen LogP contribution in [0.4, 0.5) is 0 Å². The maximum Gasteiger partial charge on any atom is 0.257 e. The summed E-state index contributed by atoms with van der Waals surface area (Å²) in [6, 6.07) is 7.60. The van der Waals surface area contributed by atoms with E-state index in [1.165, 1.54) is 19.3 Å². The van der Waals surface area contributed by atoms with Crippen molar-refractivity contribution >= 4 is 35.8 Å². The maximum absolute atomic E-state index is 11.4. The van der Waals surface area contributed by atoms with E-state index in [0.29, 0.717) is 24.8 Å². The molecule has 1 fully saturated rings. The minimum atomic E-state index is -0.120. The summed E-state index contributed by atoms with van der Waals surface area (Å²) in [5.74, 6) is 1.16. The molecule has 0 atom stereocenters. The Hall–Kier alpha value is -1.51. The van der Waals surface area contributed by atoms with Crippen molar-refractivity contribution < 1.29 is 9.53 Å². The minimum absolute atomic E-state index is 0. The molecule has 134 valence electrons. The first-order chi connectivity index (χ1) is 11.2. The van der Waals surface area contributed by atoms with Crippen LogP contribution in [0, 0.1) is 0 Å². The standard InChI is InChI=1S/C17H26N4O2.HI/c1-2-19-16(22)13-23-15-8-6-7-14(11-15)12-20-17(18)21-9-4-3-5-10-21;/h6-8,11H,2-5,9-10,12-13H2,1H3,(H2,18,20)(H,19,22);1H. The highest BCUT2D eigenvalue weighted by atomic mass is 127. The molecule has 3 N–H and O–H groups in total. The summed E-state index contributed by atoms with van der Waals surface area (Å²) >= 11 is 0. The molecule has 0 aromatic heterocycles. The average Bonchev–Trinajstić information content (AvgIpc) is 2.59. The molecule has 1 aliphatic rings. The molecule has 0 aliphatic carbocycles. The molecule has 6 nitrogen and oxygen atoms in total. The summed E-state index contributed by atoms with van der Waals surface area (Å²) in [4.78, 5) is 18.0. The van der Waals surface area contributed by atoms with Gasteiger partial charge in [0, 0.05) is 19.6 Å². The Morgan fingerprint density at radius 3 is 2.79 bits per heavy atom. The highest BCUT2D eigenvalue weighted by Gasteiger charge is 2.11. The molecule has 1 aromatic rings. The van der Waals surface area contributed by atoms with Gasteiger partial charge in [0.25, 0.3) is 5.91 Å². The lowest BCUT2D eigenvalue weighted by molar-refractivity contribution is -0.122. The number of carbonyl (C=O) groups excluding carboxylic acids is 1. The van der Waals surface area contributed by atoms with Gasteiger partial charge < -0.3 is 20.7 Å². The number of nitrogens with one attached hydrogen (secondary N) is 1. The molecule has 7 heteroatoms. The van der Waals surface area contributed by atoms with Crippen LogP contribution in [0.3, 0.4) is 0 Å². The number of aliphatic imine (C=N–C) groups is 1. The van der Waals surface area contributed by atoms with Gasteiger partial charge in [-0.2, -0.15) is 0 Å². The Morgan fingerprint density at radius 1 is 1.33 bits per heavy atom. The molecular weight excluding hydrogens is 419 g/mol. The Labute approximate surface area is 160 Å². The number of likely N-dealkylation sites (N-methyl/N-ethyl adjacent to an activating group) is 1. The predicted octanol–water partition coefficient (Wildman–Crippen LogP) is 2.12. The lowest BCUT2D eigenvalue weighted by Gasteiger charge is -2.27. The van der Waals surface area contributed by atoms with Crippen molar-refractivity contribution in [2.45, 2.75) is 32.7 Å². The third-order valence-electron chi connectivity index (χ3n) is 3.75. The lowest BCUT2D eigenvalue weighted by atomic mass is 10.1. The quantitative estimate of drug-likeness (QED) is 0.399. The number of carbonyl (C=O) groups is 1. The number of rotatable bonds is 6. The van der Waals surface area contributed by atoms with Crippen LogP contribution in [-0.4, -0.2) is 43.0 Å². The molecule has 0 saturated carbocycles. The van der Waals surface area contributed by atoms with Gasteiger partial charge >= 0.3 is 0 Å². The van der Waals surface area contributed by atoms with E-state index in [2.05, 4.69) is 15.2 Å². The Balaban J connectivity index is 0.00000288. The SMILES string of the molecule is CCNC(=O)COc1cccc(CN=C(N)N2CCCCC2)c1.I. The lowest BCUT2D eigenvalue weighted by Crippen LogP contribution is -2.40. The van der Waals surface area contributed by atoms with Gasteiger partial charge in [0.2, 0.25) is 0 Å². The van der Waals surface area contributed by atoms with Crippen LogP contribution >= 0.6 is 24.0 Å². The molecule has 1 aromatic carbocycles. The van der Waals surface area contributed by atoms with Crippen molar-refractivity contribution in [2.24, 2.45) is 10.7 Å². The molecule has 2 rings (SSSR count). The maximum atomic E-state index is 11.4.